The van der Waals surface area contributed by atoms with E-state index in [1.807, 2.05) is 0 Å². The van der Waals surface area contributed by atoms with Crippen LogP contribution in [0.25, 0.3) is 0 Å². The zero-order valence-corrected chi connectivity index (χ0v) is 13.8. The molecule has 0 aliphatic rings. The zero-order valence-electron chi connectivity index (χ0n) is 12.8. The van der Waals surface area contributed by atoms with Crippen molar-refractivity contribution < 1.29 is 0 Å². The molecule has 0 aromatic heterocycles. The minimum Gasteiger partial charge on any atom is -0.103 e. The summed E-state index contributed by atoms with van der Waals surface area (Å²) in [5.74, 6) is 0. The maximum Gasteiger partial charge on any atom is 0.128 e. The molecule has 0 spiro atoms. The summed E-state index contributed by atoms with van der Waals surface area (Å²) in [4.78, 5) is 0. The minimum atomic E-state index is -1.91. The molecule has 1 heteroatoms. The van der Waals surface area contributed by atoms with Crippen LogP contribution in [0.5, 0.6) is 0 Å². The van der Waals surface area contributed by atoms with Crippen molar-refractivity contribution in [3.63, 3.8) is 0 Å². The maximum atomic E-state index is 4.13. The van der Waals surface area contributed by atoms with Crippen LogP contribution in [0.3, 0.4) is 0 Å². The molecule has 108 valence electrons. The first-order valence-electron chi connectivity index (χ1n) is 7.64. The van der Waals surface area contributed by atoms with Crippen molar-refractivity contribution in [1.29, 1.82) is 0 Å². The Hall–Kier alpha value is -1.86. The normalized spacial score (nSPS) is 12.6. The number of benzene rings is 2. The highest BCUT2D eigenvalue weighted by Gasteiger charge is 2.41. The fourth-order valence-corrected chi connectivity index (χ4v) is 8.49. The predicted octanol–water partition coefficient (Wildman–Crippen LogP) is 4.40. The smallest absolute Gasteiger partial charge is 0.103 e. The third kappa shape index (κ3) is 2.93. The first kappa shape index (κ1) is 15.5. The summed E-state index contributed by atoms with van der Waals surface area (Å²) in [5.41, 5.74) is 0.514. The summed E-state index contributed by atoms with van der Waals surface area (Å²) in [7, 11) is -1.91. The highest BCUT2D eigenvalue weighted by atomic mass is 28.3. The predicted molar refractivity (Wildman–Crippen MR) is 97.1 cm³/mol. The van der Waals surface area contributed by atoms with Crippen LogP contribution in [0.15, 0.2) is 86.0 Å². The van der Waals surface area contributed by atoms with E-state index in [2.05, 4.69) is 92.9 Å². The number of hydrogen-bond acceptors (Lipinski definition) is 0. The maximum absolute atomic E-state index is 4.13. The van der Waals surface area contributed by atoms with Crippen molar-refractivity contribution in [2.45, 2.75) is 24.9 Å². The summed E-state index contributed by atoms with van der Waals surface area (Å²) in [5, 5.41) is 2.95. The van der Waals surface area contributed by atoms with Gasteiger partial charge in [0.15, 0.2) is 0 Å². The van der Waals surface area contributed by atoms with Crippen LogP contribution in [0.1, 0.15) is 13.3 Å². The largest absolute Gasteiger partial charge is 0.128 e. The summed E-state index contributed by atoms with van der Waals surface area (Å²) in [6.45, 7) is 10.4. The van der Waals surface area contributed by atoms with Gasteiger partial charge in [-0.3, -0.25) is 0 Å². The fraction of sp³-hybridized carbons (Fsp3) is 0.200. The zero-order chi connectivity index (χ0) is 15.1. The first-order valence-corrected chi connectivity index (χ1v) is 9.92. The average molecular weight is 292 g/mol. The van der Waals surface area contributed by atoms with Gasteiger partial charge in [0.2, 0.25) is 0 Å². The van der Waals surface area contributed by atoms with Crippen molar-refractivity contribution in [3.8, 4) is 0 Å². The summed E-state index contributed by atoms with van der Waals surface area (Å²) < 4.78 is 0. The van der Waals surface area contributed by atoms with Gasteiger partial charge in [0, 0.05) is 0 Å². The molecule has 0 N–H and O–H groups in total. The number of allylic oxidation sites excluding steroid dienone is 2. The molecule has 0 aliphatic carbocycles. The standard InChI is InChI=1S/C20H24Si/c1-4-17-21(18(5-2)6-3,19-13-9-7-10-14-19)20-15-11-8-12-16-20/h4-5,7-16,18H,1-2,6,17H2,3H3. The summed E-state index contributed by atoms with van der Waals surface area (Å²) in [6.07, 6.45) is 5.38. The second kappa shape index (κ2) is 7.23. The van der Waals surface area contributed by atoms with Crippen LogP contribution in [0, 0.1) is 0 Å². The molecule has 0 radical (unpaired) electrons. The van der Waals surface area contributed by atoms with E-state index in [-0.39, 0.29) is 0 Å². The van der Waals surface area contributed by atoms with E-state index >= 15 is 0 Å². The fourth-order valence-electron chi connectivity index (χ4n) is 3.40. The molecule has 1 atom stereocenters. The molecular formula is C20H24Si. The topological polar surface area (TPSA) is 0 Å². The second-order valence-corrected chi connectivity index (χ2v) is 9.69. The molecule has 0 heterocycles. The van der Waals surface area contributed by atoms with E-state index in [1.54, 1.807) is 0 Å². The molecule has 0 nitrogen and oxygen atoms in total. The lowest BCUT2D eigenvalue weighted by Crippen LogP contribution is -2.60. The molecule has 0 bridgehead atoms. The molecule has 2 aromatic rings. The van der Waals surface area contributed by atoms with E-state index in [4.69, 9.17) is 0 Å². The Kier molecular flexibility index (Phi) is 5.35. The van der Waals surface area contributed by atoms with Crippen LogP contribution in [-0.2, 0) is 0 Å². The van der Waals surface area contributed by atoms with Crippen molar-refractivity contribution in [1.82, 2.24) is 0 Å². The Morgan fingerprint density at radius 2 is 1.38 bits per heavy atom. The molecule has 0 saturated heterocycles. The third-order valence-electron chi connectivity index (χ3n) is 4.40. The van der Waals surface area contributed by atoms with E-state index in [0.29, 0.717) is 5.54 Å². The highest BCUT2D eigenvalue weighted by Crippen LogP contribution is 2.30. The van der Waals surface area contributed by atoms with Gasteiger partial charge in [-0.15, -0.1) is 13.2 Å². The second-order valence-electron chi connectivity index (χ2n) is 5.45. The van der Waals surface area contributed by atoms with Crippen molar-refractivity contribution in [2.24, 2.45) is 0 Å². The van der Waals surface area contributed by atoms with Crippen LogP contribution >= 0.6 is 0 Å². The van der Waals surface area contributed by atoms with E-state index in [0.717, 1.165) is 12.5 Å². The quantitative estimate of drug-likeness (QED) is 0.524. The van der Waals surface area contributed by atoms with Crippen LogP contribution < -0.4 is 10.4 Å². The Morgan fingerprint density at radius 1 is 0.905 bits per heavy atom. The van der Waals surface area contributed by atoms with Gasteiger partial charge >= 0.3 is 0 Å². The third-order valence-corrected chi connectivity index (χ3v) is 9.97. The van der Waals surface area contributed by atoms with Crippen molar-refractivity contribution >= 4 is 18.4 Å². The Bertz CT molecular complexity index is 532. The van der Waals surface area contributed by atoms with E-state index in [1.165, 1.54) is 10.4 Å². The molecule has 0 aliphatic heterocycles. The molecule has 2 rings (SSSR count). The SMILES string of the molecule is C=CC[Si](c1ccccc1)(c1ccccc1)C(C=C)CC. The van der Waals surface area contributed by atoms with Gasteiger partial charge in [0.25, 0.3) is 0 Å². The number of rotatable bonds is 7. The van der Waals surface area contributed by atoms with Gasteiger partial charge in [-0.25, -0.2) is 0 Å². The van der Waals surface area contributed by atoms with Crippen LogP contribution in [-0.4, -0.2) is 8.07 Å². The van der Waals surface area contributed by atoms with Crippen LogP contribution in [0.2, 0.25) is 11.6 Å². The Morgan fingerprint density at radius 3 is 1.71 bits per heavy atom. The van der Waals surface area contributed by atoms with Crippen molar-refractivity contribution in [2.75, 3.05) is 0 Å². The van der Waals surface area contributed by atoms with Gasteiger partial charge in [0.05, 0.1) is 0 Å². The lowest BCUT2D eigenvalue weighted by Gasteiger charge is -2.38. The Balaban J connectivity index is 2.71. The van der Waals surface area contributed by atoms with E-state index in [9.17, 15) is 0 Å². The minimum absolute atomic E-state index is 0.514. The lowest BCUT2D eigenvalue weighted by atomic mass is 10.3. The molecular weight excluding hydrogens is 268 g/mol. The van der Waals surface area contributed by atoms with Gasteiger partial charge in [-0.05, 0) is 11.6 Å². The molecule has 0 saturated carbocycles. The summed E-state index contributed by atoms with van der Waals surface area (Å²) >= 11 is 0. The molecule has 0 amide bonds. The molecule has 1 unspecified atom stereocenters. The first-order chi connectivity index (χ1) is 10.3. The molecule has 21 heavy (non-hydrogen) atoms. The van der Waals surface area contributed by atoms with Gasteiger partial charge in [-0.1, -0.05) is 96.5 Å². The molecule has 0 fully saturated rings. The van der Waals surface area contributed by atoms with Crippen LogP contribution in [0.4, 0.5) is 0 Å². The van der Waals surface area contributed by atoms with Gasteiger partial charge in [-0.2, -0.15) is 0 Å². The number of hydrogen-bond donors (Lipinski definition) is 0. The monoisotopic (exact) mass is 292 g/mol. The lowest BCUT2D eigenvalue weighted by molar-refractivity contribution is 0.921. The Labute approximate surface area is 129 Å². The summed E-state index contributed by atoms with van der Waals surface area (Å²) in [6, 6.07) is 23.0. The molecule has 2 aromatic carbocycles. The van der Waals surface area contributed by atoms with Gasteiger partial charge in [0.1, 0.15) is 8.07 Å². The van der Waals surface area contributed by atoms with E-state index < -0.39 is 8.07 Å². The highest BCUT2D eigenvalue weighted by molar-refractivity contribution is 7.03. The van der Waals surface area contributed by atoms with Crippen molar-refractivity contribution in [3.05, 3.63) is 86.0 Å². The van der Waals surface area contributed by atoms with Gasteiger partial charge < -0.3 is 0 Å². The average Bonchev–Trinajstić information content (AvgIpc) is 2.56.